The maximum absolute atomic E-state index is 12.2. The number of furan rings is 1. The minimum Gasteiger partial charge on any atom is -0.464 e. The van der Waals surface area contributed by atoms with Gasteiger partial charge in [-0.25, -0.2) is 8.42 Å². The molecule has 0 saturated heterocycles. The Kier molecular flexibility index (Phi) is 2.35. The van der Waals surface area contributed by atoms with E-state index in [1.54, 1.807) is 51.3 Å². The van der Waals surface area contributed by atoms with Crippen molar-refractivity contribution >= 4 is 20.8 Å². The molecule has 16 heavy (non-hydrogen) atoms. The fraction of sp³-hybridized carbons (Fsp3) is 0.333. The van der Waals surface area contributed by atoms with E-state index in [0.29, 0.717) is 10.5 Å². The van der Waals surface area contributed by atoms with Crippen LogP contribution in [0.1, 0.15) is 20.8 Å². The molecule has 0 amide bonds. The molecule has 1 heterocycles. The molecule has 0 bridgehead atoms. The third kappa shape index (κ3) is 1.63. The lowest BCUT2D eigenvalue weighted by atomic mass is 10.2. The molecule has 1 aromatic heterocycles. The third-order valence-electron chi connectivity index (χ3n) is 2.54. The van der Waals surface area contributed by atoms with Crippen LogP contribution in [-0.4, -0.2) is 13.2 Å². The predicted octanol–water partition coefficient (Wildman–Crippen LogP) is 3.01. The zero-order valence-corrected chi connectivity index (χ0v) is 10.3. The molecule has 2 rings (SSSR count). The van der Waals surface area contributed by atoms with E-state index >= 15 is 0 Å². The zero-order chi connectivity index (χ0) is 12.0. The van der Waals surface area contributed by atoms with Gasteiger partial charge in [0.15, 0.2) is 9.84 Å². The van der Waals surface area contributed by atoms with Crippen LogP contribution in [0.2, 0.25) is 0 Å². The highest BCUT2D eigenvalue weighted by atomic mass is 32.2. The Labute approximate surface area is 95.0 Å². The van der Waals surface area contributed by atoms with E-state index in [1.165, 1.54) is 0 Å². The van der Waals surface area contributed by atoms with Crippen LogP contribution in [0.15, 0.2) is 39.8 Å². The van der Waals surface area contributed by atoms with Crippen LogP contribution in [0.5, 0.6) is 0 Å². The van der Waals surface area contributed by atoms with Gasteiger partial charge in [-0.05, 0) is 45.0 Å². The largest absolute Gasteiger partial charge is 0.464 e. The summed E-state index contributed by atoms with van der Waals surface area (Å²) in [5.41, 5.74) is 0.702. The molecular weight excluding hydrogens is 224 g/mol. The molecule has 0 radical (unpaired) electrons. The minimum absolute atomic E-state index is 0.342. The van der Waals surface area contributed by atoms with Crippen LogP contribution < -0.4 is 0 Å². The first kappa shape index (κ1) is 11.2. The Morgan fingerprint density at radius 1 is 1.12 bits per heavy atom. The standard InChI is InChI=1S/C12H14O3S/c1-12(2,3)16(13,14)10-4-5-11-9(8-10)6-7-15-11/h4-8H,1-3H3. The molecule has 0 fully saturated rings. The maximum atomic E-state index is 12.2. The van der Waals surface area contributed by atoms with Gasteiger partial charge in [-0.1, -0.05) is 0 Å². The molecule has 0 aliphatic heterocycles. The summed E-state index contributed by atoms with van der Waals surface area (Å²) in [6.45, 7) is 5.09. The van der Waals surface area contributed by atoms with E-state index in [4.69, 9.17) is 4.42 Å². The van der Waals surface area contributed by atoms with Crippen LogP contribution in [0, 0.1) is 0 Å². The first-order valence-electron chi connectivity index (χ1n) is 5.04. The van der Waals surface area contributed by atoms with Crippen molar-refractivity contribution in [3.05, 3.63) is 30.5 Å². The van der Waals surface area contributed by atoms with Gasteiger partial charge in [0.2, 0.25) is 0 Å². The second kappa shape index (κ2) is 3.35. The van der Waals surface area contributed by atoms with Crippen molar-refractivity contribution in [2.75, 3.05) is 0 Å². The van der Waals surface area contributed by atoms with Gasteiger partial charge in [0.25, 0.3) is 0 Å². The van der Waals surface area contributed by atoms with Gasteiger partial charge in [-0.15, -0.1) is 0 Å². The lowest BCUT2D eigenvalue weighted by Crippen LogP contribution is -2.27. The average molecular weight is 238 g/mol. The molecule has 2 aromatic rings. The molecule has 3 nitrogen and oxygen atoms in total. The Hall–Kier alpha value is -1.29. The van der Waals surface area contributed by atoms with Crippen molar-refractivity contribution in [1.29, 1.82) is 0 Å². The summed E-state index contributed by atoms with van der Waals surface area (Å²) < 4.78 is 28.8. The monoisotopic (exact) mass is 238 g/mol. The number of fused-ring (bicyclic) bond motifs is 1. The summed E-state index contributed by atoms with van der Waals surface area (Å²) >= 11 is 0. The SMILES string of the molecule is CC(C)(C)S(=O)(=O)c1ccc2occc2c1. The second-order valence-electron chi connectivity index (χ2n) is 4.74. The van der Waals surface area contributed by atoms with Crippen LogP contribution >= 0.6 is 0 Å². The minimum atomic E-state index is -3.29. The summed E-state index contributed by atoms with van der Waals surface area (Å²) in [5.74, 6) is 0. The van der Waals surface area contributed by atoms with Gasteiger partial charge in [0.1, 0.15) is 5.58 Å². The zero-order valence-electron chi connectivity index (χ0n) is 9.52. The molecule has 86 valence electrons. The molecule has 0 unspecified atom stereocenters. The van der Waals surface area contributed by atoms with E-state index < -0.39 is 14.6 Å². The van der Waals surface area contributed by atoms with Crippen molar-refractivity contribution in [3.63, 3.8) is 0 Å². The Morgan fingerprint density at radius 3 is 2.44 bits per heavy atom. The Bertz CT molecular complexity index is 615. The molecule has 0 atom stereocenters. The van der Waals surface area contributed by atoms with Gasteiger partial charge < -0.3 is 4.42 Å². The number of benzene rings is 1. The molecule has 0 spiro atoms. The van der Waals surface area contributed by atoms with Crippen LogP contribution in [0.25, 0.3) is 11.0 Å². The van der Waals surface area contributed by atoms with Gasteiger partial charge in [0.05, 0.1) is 15.9 Å². The van der Waals surface area contributed by atoms with Gasteiger partial charge >= 0.3 is 0 Å². The topological polar surface area (TPSA) is 47.3 Å². The van der Waals surface area contributed by atoms with Gasteiger partial charge in [0, 0.05) is 5.39 Å². The predicted molar refractivity (Wildman–Crippen MR) is 63.2 cm³/mol. The number of rotatable bonds is 1. The van der Waals surface area contributed by atoms with E-state index in [1.807, 2.05) is 0 Å². The van der Waals surface area contributed by atoms with Crippen LogP contribution in [0.4, 0.5) is 0 Å². The lowest BCUT2D eigenvalue weighted by Gasteiger charge is -2.19. The van der Waals surface area contributed by atoms with E-state index in [-0.39, 0.29) is 0 Å². The van der Waals surface area contributed by atoms with Gasteiger partial charge in [-0.2, -0.15) is 0 Å². The molecule has 0 aliphatic rings. The smallest absolute Gasteiger partial charge is 0.183 e. The average Bonchev–Trinajstić information content (AvgIpc) is 2.61. The summed E-state index contributed by atoms with van der Waals surface area (Å²) in [5, 5.41) is 0.810. The van der Waals surface area contributed by atoms with Crippen LogP contribution in [0.3, 0.4) is 0 Å². The number of hydrogen-bond acceptors (Lipinski definition) is 3. The quantitative estimate of drug-likeness (QED) is 0.767. The lowest BCUT2D eigenvalue weighted by molar-refractivity contribution is 0.560. The molecule has 0 aliphatic carbocycles. The highest BCUT2D eigenvalue weighted by molar-refractivity contribution is 7.92. The fourth-order valence-corrected chi connectivity index (χ4v) is 2.70. The molecule has 0 saturated carbocycles. The fourth-order valence-electron chi connectivity index (χ4n) is 1.47. The summed E-state index contributed by atoms with van der Waals surface area (Å²) in [6.07, 6.45) is 1.55. The highest BCUT2D eigenvalue weighted by Gasteiger charge is 2.30. The van der Waals surface area contributed by atoms with Crippen molar-refractivity contribution in [1.82, 2.24) is 0 Å². The van der Waals surface area contributed by atoms with E-state index in [9.17, 15) is 8.42 Å². The highest BCUT2D eigenvalue weighted by Crippen LogP contribution is 2.27. The molecule has 0 N–H and O–H groups in total. The van der Waals surface area contributed by atoms with E-state index in [2.05, 4.69) is 0 Å². The van der Waals surface area contributed by atoms with Crippen molar-refractivity contribution < 1.29 is 12.8 Å². The number of hydrogen-bond donors (Lipinski definition) is 0. The number of sulfone groups is 1. The first-order chi connectivity index (χ1) is 7.32. The van der Waals surface area contributed by atoms with Crippen molar-refractivity contribution in [2.24, 2.45) is 0 Å². The first-order valence-corrected chi connectivity index (χ1v) is 6.52. The second-order valence-corrected chi connectivity index (χ2v) is 7.44. The summed E-state index contributed by atoms with van der Waals surface area (Å²) in [7, 11) is -3.29. The van der Waals surface area contributed by atoms with E-state index in [0.717, 1.165) is 5.39 Å². The summed E-state index contributed by atoms with van der Waals surface area (Å²) in [6, 6.07) is 6.69. The Balaban J connectivity index is 2.64. The molecular formula is C12H14O3S. The van der Waals surface area contributed by atoms with Crippen LogP contribution in [-0.2, 0) is 9.84 Å². The normalized spacial score (nSPS) is 13.2. The van der Waals surface area contributed by atoms with Gasteiger partial charge in [-0.3, -0.25) is 0 Å². The summed E-state index contributed by atoms with van der Waals surface area (Å²) in [4.78, 5) is 0.342. The maximum Gasteiger partial charge on any atom is 0.183 e. The van der Waals surface area contributed by atoms with Crippen molar-refractivity contribution in [2.45, 2.75) is 30.4 Å². The molecule has 1 aromatic carbocycles. The Morgan fingerprint density at radius 2 is 1.81 bits per heavy atom. The molecule has 4 heteroatoms. The third-order valence-corrected chi connectivity index (χ3v) is 5.03. The van der Waals surface area contributed by atoms with Crippen molar-refractivity contribution in [3.8, 4) is 0 Å².